The molecule has 102 valence electrons. The number of alkyl halides is 1. The summed E-state index contributed by atoms with van der Waals surface area (Å²) in [6.07, 6.45) is 0. The van der Waals surface area contributed by atoms with Crippen molar-refractivity contribution in [3.63, 3.8) is 0 Å². The van der Waals surface area contributed by atoms with Crippen molar-refractivity contribution in [2.75, 3.05) is 14.2 Å². The summed E-state index contributed by atoms with van der Waals surface area (Å²) in [5, 5.41) is 0. The van der Waals surface area contributed by atoms with Gasteiger partial charge >= 0.3 is 0 Å². The van der Waals surface area contributed by atoms with Crippen LogP contribution in [0.15, 0.2) is 24.3 Å². The molecule has 0 saturated heterocycles. The summed E-state index contributed by atoms with van der Waals surface area (Å²) < 4.78 is 25.0. The predicted molar refractivity (Wildman–Crippen MR) is 79.6 cm³/mol. The Bertz CT molecular complexity index is 588. The van der Waals surface area contributed by atoms with E-state index in [1.807, 2.05) is 6.07 Å². The molecule has 2 nitrogen and oxygen atoms in total. The van der Waals surface area contributed by atoms with Crippen LogP contribution in [0.25, 0.3) is 0 Å². The molecule has 0 fully saturated rings. The monoisotopic (exact) mass is 364 g/mol. The van der Waals surface area contributed by atoms with Crippen LogP contribution in [0.5, 0.6) is 11.5 Å². The lowest BCUT2D eigenvalue weighted by atomic mass is 10.1. The topological polar surface area (TPSA) is 18.5 Å². The van der Waals surface area contributed by atoms with E-state index in [4.69, 9.17) is 21.1 Å². The van der Waals surface area contributed by atoms with Gasteiger partial charge in [-0.2, -0.15) is 0 Å². The number of hydrogen-bond acceptors (Lipinski definition) is 3. The SMILES string of the molecule is COc1cc(F)c(C(Br)c2ccc(Cl)s2)cc1OC. The summed E-state index contributed by atoms with van der Waals surface area (Å²) >= 11 is 10.8. The van der Waals surface area contributed by atoms with Gasteiger partial charge in [0.25, 0.3) is 0 Å². The largest absolute Gasteiger partial charge is 0.493 e. The van der Waals surface area contributed by atoms with Gasteiger partial charge in [0.15, 0.2) is 11.5 Å². The maximum atomic E-state index is 14.1. The van der Waals surface area contributed by atoms with E-state index < -0.39 is 0 Å². The molecule has 0 radical (unpaired) electrons. The van der Waals surface area contributed by atoms with Gasteiger partial charge in [-0.3, -0.25) is 0 Å². The molecule has 0 spiro atoms. The Hall–Kier alpha value is -0.780. The van der Waals surface area contributed by atoms with Crippen LogP contribution in [0.2, 0.25) is 4.34 Å². The van der Waals surface area contributed by atoms with E-state index >= 15 is 0 Å². The first-order valence-electron chi connectivity index (χ1n) is 5.37. The Labute approximate surface area is 128 Å². The second-order valence-electron chi connectivity index (χ2n) is 3.73. The number of benzene rings is 1. The summed E-state index contributed by atoms with van der Waals surface area (Å²) in [4.78, 5) is 0.654. The Morgan fingerprint density at radius 3 is 2.37 bits per heavy atom. The van der Waals surface area contributed by atoms with Gasteiger partial charge in [-0.25, -0.2) is 4.39 Å². The van der Waals surface area contributed by atoms with Gasteiger partial charge in [0, 0.05) is 16.5 Å². The molecule has 1 atom stereocenters. The van der Waals surface area contributed by atoms with Gasteiger partial charge in [0.2, 0.25) is 0 Å². The third-order valence-electron chi connectivity index (χ3n) is 2.62. The highest BCUT2D eigenvalue weighted by atomic mass is 79.9. The summed E-state index contributed by atoms with van der Waals surface area (Å²) in [5.41, 5.74) is 0.483. The van der Waals surface area contributed by atoms with Gasteiger partial charge in [-0.1, -0.05) is 27.5 Å². The fraction of sp³-hybridized carbons (Fsp3) is 0.231. The lowest BCUT2D eigenvalue weighted by Crippen LogP contribution is -1.98. The molecule has 0 aliphatic carbocycles. The van der Waals surface area contributed by atoms with Gasteiger partial charge in [0.1, 0.15) is 5.82 Å². The van der Waals surface area contributed by atoms with Crippen LogP contribution in [0.1, 0.15) is 15.3 Å². The third-order valence-corrected chi connectivity index (χ3v) is 5.21. The maximum absolute atomic E-state index is 14.1. The van der Waals surface area contributed by atoms with E-state index in [1.165, 1.54) is 31.6 Å². The summed E-state index contributed by atoms with van der Waals surface area (Å²) in [6, 6.07) is 6.59. The number of rotatable bonds is 4. The normalized spacial score (nSPS) is 12.3. The predicted octanol–water partition coefficient (Wildman–Crippen LogP) is 5.04. The lowest BCUT2D eigenvalue weighted by Gasteiger charge is -2.14. The van der Waals surface area contributed by atoms with Crippen molar-refractivity contribution in [2.24, 2.45) is 0 Å². The number of methoxy groups -OCH3 is 2. The quantitative estimate of drug-likeness (QED) is 0.707. The molecule has 1 aromatic heterocycles. The van der Waals surface area contributed by atoms with E-state index in [1.54, 1.807) is 12.1 Å². The highest BCUT2D eigenvalue weighted by molar-refractivity contribution is 9.09. The van der Waals surface area contributed by atoms with Crippen LogP contribution >= 0.6 is 38.9 Å². The van der Waals surface area contributed by atoms with Crippen molar-refractivity contribution in [2.45, 2.75) is 4.83 Å². The summed E-state index contributed by atoms with van der Waals surface area (Å²) in [5.74, 6) is 0.503. The molecule has 2 rings (SSSR count). The molecule has 0 bridgehead atoms. The zero-order valence-electron chi connectivity index (χ0n) is 10.2. The average molecular weight is 366 g/mol. The molecule has 0 amide bonds. The zero-order chi connectivity index (χ0) is 14.0. The minimum absolute atomic E-state index is 0.273. The van der Waals surface area contributed by atoms with Crippen LogP contribution < -0.4 is 9.47 Å². The highest BCUT2D eigenvalue weighted by Gasteiger charge is 2.20. The highest BCUT2D eigenvalue weighted by Crippen LogP contribution is 2.41. The first-order chi connectivity index (χ1) is 9.06. The Kier molecular flexibility index (Phi) is 4.71. The van der Waals surface area contributed by atoms with Crippen LogP contribution in [0.4, 0.5) is 4.39 Å². The fourth-order valence-corrected chi connectivity index (χ4v) is 3.52. The molecule has 0 aliphatic rings. The van der Waals surface area contributed by atoms with Crippen LogP contribution in [-0.2, 0) is 0 Å². The van der Waals surface area contributed by atoms with Gasteiger partial charge < -0.3 is 9.47 Å². The van der Waals surface area contributed by atoms with Crippen LogP contribution in [-0.4, -0.2) is 14.2 Å². The Balaban J connectivity index is 2.44. The molecule has 1 aromatic carbocycles. The fourth-order valence-electron chi connectivity index (χ4n) is 1.68. The van der Waals surface area contributed by atoms with E-state index in [0.29, 0.717) is 21.4 Å². The average Bonchev–Trinajstić information content (AvgIpc) is 2.84. The standard InChI is InChI=1S/C13H11BrClFO2S/c1-17-9-5-7(8(16)6-10(9)18-2)13(14)11-3-4-12(15)19-11/h3-6,13H,1-2H3. The van der Waals surface area contributed by atoms with E-state index in [0.717, 1.165) is 4.88 Å². The number of ether oxygens (including phenoxy) is 2. The zero-order valence-corrected chi connectivity index (χ0v) is 13.4. The Morgan fingerprint density at radius 1 is 1.21 bits per heavy atom. The second kappa shape index (κ2) is 6.11. The molecule has 0 N–H and O–H groups in total. The van der Waals surface area contributed by atoms with E-state index in [9.17, 15) is 4.39 Å². The second-order valence-corrected chi connectivity index (χ2v) is 6.40. The van der Waals surface area contributed by atoms with Crippen molar-refractivity contribution >= 4 is 38.9 Å². The number of thiophene rings is 1. The molecule has 0 saturated carbocycles. The molecular formula is C13H11BrClFO2S. The molecule has 6 heteroatoms. The van der Waals surface area contributed by atoms with Gasteiger partial charge in [0.05, 0.1) is 23.4 Å². The lowest BCUT2D eigenvalue weighted by molar-refractivity contribution is 0.351. The number of halogens is 3. The minimum atomic E-state index is -0.357. The minimum Gasteiger partial charge on any atom is -0.493 e. The van der Waals surface area contributed by atoms with Gasteiger partial charge in [-0.15, -0.1) is 11.3 Å². The van der Waals surface area contributed by atoms with Crippen LogP contribution in [0.3, 0.4) is 0 Å². The summed E-state index contributed by atoms with van der Waals surface area (Å²) in [6.45, 7) is 0. The summed E-state index contributed by atoms with van der Waals surface area (Å²) in [7, 11) is 2.99. The maximum Gasteiger partial charge on any atom is 0.163 e. The smallest absolute Gasteiger partial charge is 0.163 e. The Morgan fingerprint density at radius 2 is 1.84 bits per heavy atom. The van der Waals surface area contributed by atoms with Crippen molar-refractivity contribution in [1.29, 1.82) is 0 Å². The van der Waals surface area contributed by atoms with Crippen molar-refractivity contribution < 1.29 is 13.9 Å². The van der Waals surface area contributed by atoms with Crippen molar-refractivity contribution in [1.82, 2.24) is 0 Å². The van der Waals surface area contributed by atoms with E-state index in [-0.39, 0.29) is 10.6 Å². The van der Waals surface area contributed by atoms with Crippen LogP contribution in [0, 0.1) is 5.82 Å². The molecule has 1 unspecified atom stereocenters. The molecule has 0 aliphatic heterocycles. The molecule has 1 heterocycles. The third kappa shape index (κ3) is 3.04. The van der Waals surface area contributed by atoms with Crippen molar-refractivity contribution in [3.8, 4) is 11.5 Å². The number of hydrogen-bond donors (Lipinski definition) is 0. The molecular weight excluding hydrogens is 355 g/mol. The first kappa shape index (κ1) is 14.6. The first-order valence-corrected chi connectivity index (χ1v) is 7.48. The molecule has 19 heavy (non-hydrogen) atoms. The molecule has 2 aromatic rings. The van der Waals surface area contributed by atoms with Crippen molar-refractivity contribution in [3.05, 3.63) is 44.9 Å². The van der Waals surface area contributed by atoms with E-state index in [2.05, 4.69) is 15.9 Å². The van der Waals surface area contributed by atoms with Gasteiger partial charge in [-0.05, 0) is 18.2 Å².